The Balaban J connectivity index is 2.16. The SMILES string of the molecule is CNC(=O)NC(=O)CN1C[C@@H](C(=O)NC)Oc2ccccc21. The minimum Gasteiger partial charge on any atom is -0.477 e. The number of ether oxygens (including phenoxy) is 1. The molecule has 0 unspecified atom stereocenters. The second-order valence-corrected chi connectivity index (χ2v) is 4.70. The van der Waals surface area contributed by atoms with Crippen LogP contribution < -0.4 is 25.6 Å². The second-order valence-electron chi connectivity index (χ2n) is 4.70. The van der Waals surface area contributed by atoms with Crippen molar-refractivity contribution in [3.8, 4) is 5.75 Å². The van der Waals surface area contributed by atoms with Crippen molar-refractivity contribution in [2.75, 3.05) is 32.1 Å². The van der Waals surface area contributed by atoms with Gasteiger partial charge in [-0.15, -0.1) is 0 Å². The largest absolute Gasteiger partial charge is 0.477 e. The highest BCUT2D eigenvalue weighted by atomic mass is 16.5. The van der Waals surface area contributed by atoms with Gasteiger partial charge in [-0.3, -0.25) is 14.9 Å². The molecule has 1 aromatic rings. The molecule has 0 spiro atoms. The van der Waals surface area contributed by atoms with Gasteiger partial charge >= 0.3 is 6.03 Å². The van der Waals surface area contributed by atoms with Gasteiger partial charge in [-0.05, 0) is 12.1 Å². The van der Waals surface area contributed by atoms with Gasteiger partial charge in [0.1, 0.15) is 5.75 Å². The van der Waals surface area contributed by atoms with E-state index < -0.39 is 18.0 Å². The molecule has 2 rings (SSSR count). The Kier molecular flexibility index (Phi) is 4.82. The smallest absolute Gasteiger partial charge is 0.321 e. The Bertz CT molecular complexity index is 590. The number of nitrogens with one attached hydrogen (secondary N) is 3. The summed E-state index contributed by atoms with van der Waals surface area (Å²) in [5, 5.41) is 7.03. The fourth-order valence-corrected chi connectivity index (χ4v) is 2.16. The van der Waals surface area contributed by atoms with Crippen molar-refractivity contribution in [1.29, 1.82) is 0 Å². The summed E-state index contributed by atoms with van der Waals surface area (Å²) in [7, 11) is 2.95. The molecule has 0 radical (unpaired) electrons. The summed E-state index contributed by atoms with van der Waals surface area (Å²) in [5.74, 6) is -0.215. The Morgan fingerprint density at radius 2 is 1.95 bits per heavy atom. The van der Waals surface area contributed by atoms with Gasteiger partial charge in [0.25, 0.3) is 5.91 Å². The fraction of sp³-hybridized carbons (Fsp3) is 0.357. The number of benzene rings is 1. The predicted molar refractivity (Wildman–Crippen MR) is 79.7 cm³/mol. The molecule has 1 aliphatic rings. The normalized spacial score (nSPS) is 16.1. The Morgan fingerprint density at radius 3 is 2.64 bits per heavy atom. The lowest BCUT2D eigenvalue weighted by molar-refractivity contribution is -0.127. The van der Waals surface area contributed by atoms with E-state index in [0.29, 0.717) is 11.4 Å². The van der Waals surface area contributed by atoms with Crippen LogP contribution in [0.1, 0.15) is 0 Å². The molecule has 118 valence electrons. The van der Waals surface area contributed by atoms with E-state index >= 15 is 0 Å². The molecule has 0 aromatic heterocycles. The molecule has 0 aliphatic carbocycles. The molecular formula is C14H18N4O4. The number of anilines is 1. The molecule has 0 fully saturated rings. The van der Waals surface area contributed by atoms with E-state index in [1.165, 1.54) is 14.1 Å². The molecule has 1 atom stereocenters. The third-order valence-electron chi connectivity index (χ3n) is 3.21. The number of hydrogen-bond donors (Lipinski definition) is 3. The number of rotatable bonds is 3. The first-order chi connectivity index (χ1) is 10.5. The van der Waals surface area contributed by atoms with Gasteiger partial charge in [-0.2, -0.15) is 0 Å². The number of carbonyl (C=O) groups excluding carboxylic acids is 3. The molecular weight excluding hydrogens is 288 g/mol. The summed E-state index contributed by atoms with van der Waals surface area (Å²) in [6.07, 6.45) is -0.715. The van der Waals surface area contributed by atoms with Crippen LogP contribution in [0, 0.1) is 0 Å². The minimum atomic E-state index is -0.715. The number of imide groups is 1. The van der Waals surface area contributed by atoms with Gasteiger partial charge in [0, 0.05) is 14.1 Å². The Morgan fingerprint density at radius 1 is 1.23 bits per heavy atom. The van der Waals surface area contributed by atoms with E-state index in [1.807, 2.05) is 6.07 Å². The molecule has 1 aromatic carbocycles. The average molecular weight is 306 g/mol. The molecule has 8 nitrogen and oxygen atoms in total. The van der Waals surface area contributed by atoms with Crippen molar-refractivity contribution in [3.63, 3.8) is 0 Å². The molecule has 1 heterocycles. The third-order valence-corrected chi connectivity index (χ3v) is 3.21. The van der Waals surface area contributed by atoms with Crippen molar-refractivity contribution < 1.29 is 19.1 Å². The maximum absolute atomic E-state index is 11.9. The summed E-state index contributed by atoms with van der Waals surface area (Å²) in [5.41, 5.74) is 0.703. The standard InChI is InChI=1S/C14H18N4O4/c1-15-13(20)11-7-18(8-12(19)17-14(21)16-2)9-5-3-4-6-10(9)22-11/h3-6,11H,7-8H2,1-2H3,(H,15,20)(H2,16,17,19,21)/t11-/m0/s1. The van der Waals surface area contributed by atoms with Crippen molar-refractivity contribution >= 4 is 23.5 Å². The van der Waals surface area contributed by atoms with Crippen LogP contribution in [0.25, 0.3) is 0 Å². The lowest BCUT2D eigenvalue weighted by Gasteiger charge is -2.34. The first kappa shape index (κ1) is 15.6. The first-order valence-electron chi connectivity index (χ1n) is 6.79. The van der Waals surface area contributed by atoms with E-state index in [1.54, 1.807) is 23.1 Å². The summed E-state index contributed by atoms with van der Waals surface area (Å²) in [6.45, 7) is 0.166. The Labute approximate surface area is 127 Å². The monoisotopic (exact) mass is 306 g/mol. The lowest BCUT2D eigenvalue weighted by atomic mass is 10.1. The highest BCUT2D eigenvalue weighted by molar-refractivity contribution is 5.96. The summed E-state index contributed by atoms with van der Waals surface area (Å²) < 4.78 is 5.63. The number of nitrogens with zero attached hydrogens (tertiary/aromatic N) is 1. The van der Waals surface area contributed by atoms with Gasteiger partial charge in [0.2, 0.25) is 5.91 Å². The minimum absolute atomic E-state index is 0.0543. The molecule has 0 saturated heterocycles. The van der Waals surface area contributed by atoms with Crippen molar-refractivity contribution in [2.45, 2.75) is 6.10 Å². The van der Waals surface area contributed by atoms with Crippen LogP contribution in [0.15, 0.2) is 24.3 Å². The maximum atomic E-state index is 11.9. The van der Waals surface area contributed by atoms with E-state index in [2.05, 4.69) is 16.0 Å². The van der Waals surface area contributed by atoms with Gasteiger partial charge in [-0.25, -0.2) is 4.79 Å². The van der Waals surface area contributed by atoms with Crippen LogP contribution in [-0.4, -0.2) is 51.1 Å². The maximum Gasteiger partial charge on any atom is 0.321 e. The molecule has 0 saturated carbocycles. The van der Waals surface area contributed by atoms with Crippen molar-refractivity contribution in [1.82, 2.24) is 16.0 Å². The van der Waals surface area contributed by atoms with Gasteiger partial charge in [0.15, 0.2) is 6.10 Å². The predicted octanol–water partition coefficient (Wildman–Crippen LogP) is -0.544. The summed E-state index contributed by atoms with van der Waals surface area (Å²) in [6, 6.07) is 6.55. The van der Waals surface area contributed by atoms with E-state index in [-0.39, 0.29) is 19.0 Å². The van der Waals surface area contributed by atoms with E-state index in [4.69, 9.17) is 4.74 Å². The average Bonchev–Trinajstić information content (AvgIpc) is 2.53. The first-order valence-corrected chi connectivity index (χ1v) is 6.79. The zero-order valence-corrected chi connectivity index (χ0v) is 12.4. The third kappa shape index (κ3) is 3.46. The number of para-hydroxylation sites is 2. The van der Waals surface area contributed by atoms with Crippen LogP contribution in [0.3, 0.4) is 0 Å². The lowest BCUT2D eigenvalue weighted by Crippen LogP contribution is -2.51. The number of hydrogen-bond acceptors (Lipinski definition) is 5. The number of fused-ring (bicyclic) bond motifs is 1. The molecule has 3 N–H and O–H groups in total. The fourth-order valence-electron chi connectivity index (χ4n) is 2.16. The Hall–Kier alpha value is -2.77. The zero-order chi connectivity index (χ0) is 16.1. The topological polar surface area (TPSA) is 99.8 Å². The highest BCUT2D eigenvalue weighted by Gasteiger charge is 2.31. The van der Waals surface area contributed by atoms with Crippen molar-refractivity contribution in [2.24, 2.45) is 0 Å². The zero-order valence-electron chi connectivity index (χ0n) is 12.4. The van der Waals surface area contributed by atoms with Crippen LogP contribution in [0.5, 0.6) is 5.75 Å². The molecule has 8 heteroatoms. The summed E-state index contributed by atoms with van der Waals surface area (Å²) in [4.78, 5) is 36.6. The summed E-state index contributed by atoms with van der Waals surface area (Å²) >= 11 is 0. The van der Waals surface area contributed by atoms with Gasteiger partial charge < -0.3 is 20.3 Å². The molecule has 0 bridgehead atoms. The quantitative estimate of drug-likeness (QED) is 0.696. The van der Waals surface area contributed by atoms with Gasteiger partial charge in [-0.1, -0.05) is 12.1 Å². The van der Waals surface area contributed by atoms with Crippen molar-refractivity contribution in [3.05, 3.63) is 24.3 Å². The van der Waals surface area contributed by atoms with Crippen LogP contribution in [0.4, 0.5) is 10.5 Å². The molecule has 1 aliphatic heterocycles. The van der Waals surface area contributed by atoms with Gasteiger partial charge in [0.05, 0.1) is 18.8 Å². The number of carbonyl (C=O) groups is 3. The van der Waals surface area contributed by atoms with E-state index in [9.17, 15) is 14.4 Å². The van der Waals surface area contributed by atoms with Crippen LogP contribution in [-0.2, 0) is 9.59 Å². The van der Waals surface area contributed by atoms with Crippen LogP contribution in [0.2, 0.25) is 0 Å². The van der Waals surface area contributed by atoms with E-state index in [0.717, 1.165) is 0 Å². The molecule has 4 amide bonds. The number of likely N-dealkylation sites (N-methyl/N-ethyl adjacent to an activating group) is 1. The number of amides is 4. The second kappa shape index (κ2) is 6.79. The van der Waals surface area contributed by atoms with Crippen LogP contribution >= 0.6 is 0 Å². The highest BCUT2D eigenvalue weighted by Crippen LogP contribution is 2.32. The number of urea groups is 1. The molecule has 22 heavy (non-hydrogen) atoms.